The number of hydrogen-bond donors (Lipinski definition) is 0. The second-order valence-electron chi connectivity index (χ2n) is 5.06. The Morgan fingerprint density at radius 3 is 2.41 bits per heavy atom. The van der Waals surface area contributed by atoms with E-state index in [1.165, 1.54) is 4.88 Å². The molecular formula is C13H15ClN2S. The Morgan fingerprint density at radius 2 is 1.88 bits per heavy atom. The molecule has 0 aliphatic rings. The Hall–Kier alpha value is -0.930. The predicted molar refractivity (Wildman–Crippen MR) is 73.8 cm³/mol. The highest BCUT2D eigenvalue weighted by Crippen LogP contribution is 2.29. The van der Waals surface area contributed by atoms with Crippen LogP contribution in [-0.4, -0.2) is 9.97 Å². The highest BCUT2D eigenvalue weighted by atomic mass is 35.5. The summed E-state index contributed by atoms with van der Waals surface area (Å²) in [5.41, 5.74) is 0.819. The van der Waals surface area contributed by atoms with Gasteiger partial charge >= 0.3 is 0 Å². The van der Waals surface area contributed by atoms with E-state index < -0.39 is 0 Å². The van der Waals surface area contributed by atoms with Crippen molar-refractivity contribution in [2.24, 2.45) is 0 Å². The van der Waals surface area contributed by atoms with Crippen LogP contribution in [-0.2, 0) is 5.41 Å². The van der Waals surface area contributed by atoms with Crippen molar-refractivity contribution in [3.63, 3.8) is 0 Å². The van der Waals surface area contributed by atoms with Gasteiger partial charge in [0.2, 0.25) is 0 Å². The van der Waals surface area contributed by atoms with Crippen molar-refractivity contribution < 1.29 is 0 Å². The van der Waals surface area contributed by atoms with Gasteiger partial charge in [-0.2, -0.15) is 0 Å². The molecule has 0 radical (unpaired) electrons. The first kappa shape index (κ1) is 12.5. The van der Waals surface area contributed by atoms with E-state index in [0.717, 1.165) is 16.4 Å². The lowest BCUT2D eigenvalue weighted by atomic mass is 9.95. The summed E-state index contributed by atoms with van der Waals surface area (Å²) < 4.78 is 0. The summed E-state index contributed by atoms with van der Waals surface area (Å²) in [6.45, 7) is 8.34. The summed E-state index contributed by atoms with van der Waals surface area (Å²) in [5.74, 6) is 0.783. The number of thiophene rings is 1. The van der Waals surface area contributed by atoms with Crippen molar-refractivity contribution in [1.82, 2.24) is 9.97 Å². The van der Waals surface area contributed by atoms with Gasteiger partial charge in [0.25, 0.3) is 0 Å². The van der Waals surface area contributed by atoms with Gasteiger partial charge in [-0.3, -0.25) is 0 Å². The van der Waals surface area contributed by atoms with Crippen molar-refractivity contribution in [2.45, 2.75) is 33.1 Å². The third-order valence-electron chi connectivity index (χ3n) is 2.36. The van der Waals surface area contributed by atoms with Gasteiger partial charge < -0.3 is 0 Å². The van der Waals surface area contributed by atoms with Gasteiger partial charge in [-0.25, -0.2) is 9.97 Å². The fourth-order valence-electron chi connectivity index (χ4n) is 1.45. The monoisotopic (exact) mass is 266 g/mol. The molecule has 0 aliphatic heterocycles. The third kappa shape index (κ3) is 2.85. The largest absolute Gasteiger partial charge is 0.231 e. The van der Waals surface area contributed by atoms with E-state index in [2.05, 4.69) is 49.8 Å². The van der Waals surface area contributed by atoms with Crippen molar-refractivity contribution in [3.8, 4) is 10.6 Å². The average molecular weight is 267 g/mol. The lowest BCUT2D eigenvalue weighted by Gasteiger charge is -2.17. The van der Waals surface area contributed by atoms with Gasteiger partial charge in [-0.15, -0.1) is 11.3 Å². The zero-order valence-corrected chi connectivity index (χ0v) is 12.0. The van der Waals surface area contributed by atoms with Gasteiger partial charge in [-0.05, 0) is 19.1 Å². The van der Waals surface area contributed by atoms with Crippen LogP contribution in [0, 0.1) is 6.92 Å². The fraction of sp³-hybridized carbons (Fsp3) is 0.385. The van der Waals surface area contributed by atoms with Crippen molar-refractivity contribution in [3.05, 3.63) is 34.1 Å². The van der Waals surface area contributed by atoms with Crippen LogP contribution in [0.25, 0.3) is 10.6 Å². The second-order valence-corrected chi connectivity index (χ2v) is 6.73. The van der Waals surface area contributed by atoms with E-state index in [0.29, 0.717) is 5.15 Å². The van der Waals surface area contributed by atoms with E-state index in [-0.39, 0.29) is 5.41 Å². The smallest absolute Gasteiger partial charge is 0.136 e. The van der Waals surface area contributed by atoms with Crippen LogP contribution < -0.4 is 0 Å². The lowest BCUT2D eigenvalue weighted by Crippen LogP contribution is -2.16. The summed E-state index contributed by atoms with van der Waals surface area (Å²) in [5, 5.41) is 0.506. The minimum atomic E-state index is -0.0913. The van der Waals surface area contributed by atoms with E-state index in [4.69, 9.17) is 11.6 Å². The molecule has 0 amide bonds. The summed E-state index contributed by atoms with van der Waals surface area (Å²) in [6.07, 6.45) is 0. The first-order chi connectivity index (χ1) is 7.86. The second kappa shape index (κ2) is 4.39. The topological polar surface area (TPSA) is 25.8 Å². The molecule has 17 heavy (non-hydrogen) atoms. The lowest BCUT2D eigenvalue weighted by molar-refractivity contribution is 0.546. The third-order valence-corrected chi connectivity index (χ3v) is 3.58. The average Bonchev–Trinajstić information content (AvgIpc) is 2.62. The number of hydrogen-bond acceptors (Lipinski definition) is 3. The van der Waals surface area contributed by atoms with Crippen LogP contribution in [0.1, 0.15) is 31.5 Å². The van der Waals surface area contributed by atoms with Gasteiger partial charge in [0, 0.05) is 16.4 Å². The Balaban J connectivity index is 2.52. The Kier molecular flexibility index (Phi) is 3.23. The van der Waals surface area contributed by atoms with Crippen LogP contribution in [0.3, 0.4) is 0 Å². The van der Waals surface area contributed by atoms with E-state index in [9.17, 15) is 0 Å². The van der Waals surface area contributed by atoms with Gasteiger partial charge in [0.15, 0.2) is 0 Å². The highest BCUT2D eigenvalue weighted by molar-refractivity contribution is 7.15. The summed E-state index contributed by atoms with van der Waals surface area (Å²) in [7, 11) is 0. The molecule has 0 unspecified atom stereocenters. The molecule has 2 aromatic heterocycles. The van der Waals surface area contributed by atoms with Gasteiger partial charge in [0.05, 0.1) is 10.6 Å². The summed E-state index contributed by atoms with van der Waals surface area (Å²) in [6, 6.07) is 5.99. The zero-order valence-electron chi connectivity index (χ0n) is 10.4. The zero-order chi connectivity index (χ0) is 12.6. The van der Waals surface area contributed by atoms with Crippen LogP contribution >= 0.6 is 22.9 Å². The molecule has 2 nitrogen and oxygen atoms in total. The molecule has 0 fully saturated rings. The number of aromatic nitrogens is 2. The summed E-state index contributed by atoms with van der Waals surface area (Å²) >= 11 is 7.79. The van der Waals surface area contributed by atoms with Crippen molar-refractivity contribution >= 4 is 22.9 Å². The molecule has 0 aliphatic carbocycles. The molecule has 2 heterocycles. The SMILES string of the molecule is Cc1ccc(-c2cc(Cl)nc(C(C)(C)C)n2)s1. The number of nitrogens with zero attached hydrogens (tertiary/aromatic N) is 2. The molecule has 0 bridgehead atoms. The van der Waals surface area contributed by atoms with Gasteiger partial charge in [0.1, 0.15) is 11.0 Å². The molecule has 0 atom stereocenters. The predicted octanol–water partition coefficient (Wildman–Crippen LogP) is 4.46. The molecule has 0 aromatic carbocycles. The standard InChI is InChI=1S/C13H15ClN2S/c1-8-5-6-10(17-8)9-7-11(14)16-12(15-9)13(2,3)4/h5-7H,1-4H3. The molecule has 0 spiro atoms. The van der Waals surface area contributed by atoms with E-state index >= 15 is 0 Å². The Bertz CT molecular complexity index is 541. The Morgan fingerprint density at radius 1 is 1.18 bits per heavy atom. The van der Waals surface area contributed by atoms with E-state index in [1.54, 1.807) is 11.3 Å². The van der Waals surface area contributed by atoms with Crippen LogP contribution in [0.4, 0.5) is 0 Å². The number of halogens is 1. The molecule has 0 N–H and O–H groups in total. The van der Waals surface area contributed by atoms with Crippen LogP contribution in [0.5, 0.6) is 0 Å². The molecule has 4 heteroatoms. The van der Waals surface area contributed by atoms with Gasteiger partial charge in [-0.1, -0.05) is 32.4 Å². The van der Waals surface area contributed by atoms with Crippen LogP contribution in [0.2, 0.25) is 5.15 Å². The normalized spacial score (nSPS) is 11.8. The molecule has 0 saturated carbocycles. The fourth-order valence-corrected chi connectivity index (χ4v) is 2.46. The minimum absolute atomic E-state index is 0.0913. The Labute approximate surface area is 111 Å². The summed E-state index contributed by atoms with van der Waals surface area (Å²) in [4.78, 5) is 11.3. The number of aryl methyl sites for hydroxylation is 1. The first-order valence-corrected chi connectivity index (χ1v) is 6.67. The molecule has 2 aromatic rings. The highest BCUT2D eigenvalue weighted by Gasteiger charge is 2.19. The van der Waals surface area contributed by atoms with Crippen LogP contribution in [0.15, 0.2) is 18.2 Å². The number of rotatable bonds is 1. The first-order valence-electron chi connectivity index (χ1n) is 5.48. The maximum Gasteiger partial charge on any atom is 0.136 e. The molecule has 90 valence electrons. The minimum Gasteiger partial charge on any atom is -0.231 e. The molecule has 0 saturated heterocycles. The van der Waals surface area contributed by atoms with E-state index in [1.807, 2.05) is 6.07 Å². The maximum absolute atomic E-state index is 6.07. The van der Waals surface area contributed by atoms with Crippen molar-refractivity contribution in [2.75, 3.05) is 0 Å². The molecular weight excluding hydrogens is 252 g/mol. The van der Waals surface area contributed by atoms with Crippen molar-refractivity contribution in [1.29, 1.82) is 0 Å². The maximum atomic E-state index is 6.07. The molecule has 2 rings (SSSR count). The quantitative estimate of drug-likeness (QED) is 0.712.